The van der Waals surface area contributed by atoms with E-state index in [4.69, 9.17) is 0 Å². The zero-order valence-corrected chi connectivity index (χ0v) is 11.0. The maximum absolute atomic E-state index is 4.17. The number of halogens is 1. The molecule has 17 heavy (non-hydrogen) atoms. The van der Waals surface area contributed by atoms with E-state index in [2.05, 4.69) is 47.3 Å². The summed E-state index contributed by atoms with van der Waals surface area (Å²) in [5.74, 6) is 0.831. The third-order valence-electron chi connectivity index (χ3n) is 2.30. The molecular formula is C13H16ClN3. The molecule has 0 fully saturated rings. The van der Waals surface area contributed by atoms with Crippen molar-refractivity contribution in [2.45, 2.75) is 20.8 Å². The molecule has 4 heteroatoms. The van der Waals surface area contributed by atoms with Crippen molar-refractivity contribution in [3.05, 3.63) is 47.4 Å². The van der Waals surface area contributed by atoms with E-state index >= 15 is 0 Å². The summed E-state index contributed by atoms with van der Waals surface area (Å²) in [7, 11) is 0. The number of aryl methyl sites for hydroxylation is 3. The molecule has 0 saturated carbocycles. The van der Waals surface area contributed by atoms with Crippen molar-refractivity contribution in [3.8, 4) is 0 Å². The number of nitrogens with zero attached hydrogens (tertiary/aromatic N) is 2. The summed E-state index contributed by atoms with van der Waals surface area (Å²) in [5.41, 5.74) is 4.51. The largest absolute Gasteiger partial charge is 0.340 e. The van der Waals surface area contributed by atoms with Crippen LogP contribution in [0.25, 0.3) is 0 Å². The van der Waals surface area contributed by atoms with E-state index in [1.54, 1.807) is 6.33 Å². The molecule has 2 aromatic rings. The van der Waals surface area contributed by atoms with Crippen molar-refractivity contribution in [2.75, 3.05) is 5.32 Å². The predicted octanol–water partition coefficient (Wildman–Crippen LogP) is 3.57. The SMILES string of the molecule is Cc1cc(C)cc(Nc2cc(C)ncn2)c1.Cl. The monoisotopic (exact) mass is 249 g/mol. The molecule has 1 aromatic heterocycles. The molecule has 0 aliphatic heterocycles. The van der Waals surface area contributed by atoms with Crippen molar-refractivity contribution >= 4 is 23.9 Å². The van der Waals surface area contributed by atoms with Crippen LogP contribution in [-0.4, -0.2) is 9.97 Å². The van der Waals surface area contributed by atoms with Crippen LogP contribution in [0.3, 0.4) is 0 Å². The summed E-state index contributed by atoms with van der Waals surface area (Å²) < 4.78 is 0. The Morgan fingerprint density at radius 2 is 1.53 bits per heavy atom. The quantitative estimate of drug-likeness (QED) is 0.884. The molecule has 1 aromatic carbocycles. The van der Waals surface area contributed by atoms with Crippen LogP contribution in [0.5, 0.6) is 0 Å². The van der Waals surface area contributed by atoms with Gasteiger partial charge in [0.1, 0.15) is 12.1 Å². The van der Waals surface area contributed by atoms with Gasteiger partial charge >= 0.3 is 0 Å². The van der Waals surface area contributed by atoms with Crippen molar-refractivity contribution in [1.29, 1.82) is 0 Å². The number of aromatic nitrogens is 2. The standard InChI is InChI=1S/C13H15N3.ClH/c1-9-4-10(2)6-12(5-9)16-13-7-11(3)14-8-15-13;/h4-8H,1-3H3,(H,14,15,16);1H. The maximum Gasteiger partial charge on any atom is 0.133 e. The number of hydrogen-bond acceptors (Lipinski definition) is 3. The Kier molecular flexibility index (Phi) is 4.46. The molecule has 0 unspecified atom stereocenters. The normalized spacial score (nSPS) is 9.59. The molecule has 90 valence electrons. The van der Waals surface area contributed by atoms with Crippen molar-refractivity contribution in [3.63, 3.8) is 0 Å². The Balaban J connectivity index is 0.00000144. The van der Waals surface area contributed by atoms with Gasteiger partial charge in [0.05, 0.1) is 0 Å². The smallest absolute Gasteiger partial charge is 0.133 e. The first-order valence-corrected chi connectivity index (χ1v) is 5.27. The second-order valence-corrected chi connectivity index (χ2v) is 4.05. The molecule has 2 rings (SSSR count). The first-order valence-electron chi connectivity index (χ1n) is 5.27. The van der Waals surface area contributed by atoms with Gasteiger partial charge in [0.15, 0.2) is 0 Å². The molecule has 3 nitrogen and oxygen atoms in total. The lowest BCUT2D eigenvalue weighted by molar-refractivity contribution is 1.10. The summed E-state index contributed by atoms with van der Waals surface area (Å²) in [6.45, 7) is 6.13. The highest BCUT2D eigenvalue weighted by molar-refractivity contribution is 5.85. The van der Waals surface area contributed by atoms with Gasteiger partial charge in [0, 0.05) is 17.4 Å². The lowest BCUT2D eigenvalue weighted by atomic mass is 10.1. The molecular weight excluding hydrogens is 234 g/mol. The minimum absolute atomic E-state index is 0. The maximum atomic E-state index is 4.17. The van der Waals surface area contributed by atoms with E-state index < -0.39 is 0 Å². The van der Waals surface area contributed by atoms with Crippen LogP contribution in [0, 0.1) is 20.8 Å². The van der Waals surface area contributed by atoms with Crippen molar-refractivity contribution < 1.29 is 0 Å². The van der Waals surface area contributed by atoms with Crippen LogP contribution in [-0.2, 0) is 0 Å². The Morgan fingerprint density at radius 1 is 0.882 bits per heavy atom. The van der Waals surface area contributed by atoms with Crippen LogP contribution in [0.1, 0.15) is 16.8 Å². The molecule has 0 saturated heterocycles. The second-order valence-electron chi connectivity index (χ2n) is 4.05. The zero-order valence-electron chi connectivity index (χ0n) is 10.2. The number of benzene rings is 1. The average Bonchev–Trinajstić information content (AvgIpc) is 2.15. The Labute approximate surface area is 108 Å². The predicted molar refractivity (Wildman–Crippen MR) is 73.2 cm³/mol. The van der Waals surface area contributed by atoms with Gasteiger partial charge in [0.2, 0.25) is 0 Å². The minimum atomic E-state index is 0. The Morgan fingerprint density at radius 3 is 2.12 bits per heavy atom. The van der Waals surface area contributed by atoms with E-state index in [0.717, 1.165) is 17.2 Å². The fourth-order valence-corrected chi connectivity index (χ4v) is 1.72. The van der Waals surface area contributed by atoms with E-state index in [1.165, 1.54) is 11.1 Å². The summed E-state index contributed by atoms with van der Waals surface area (Å²) in [4.78, 5) is 8.24. The van der Waals surface area contributed by atoms with Gasteiger partial charge in [0.25, 0.3) is 0 Å². The summed E-state index contributed by atoms with van der Waals surface area (Å²) >= 11 is 0. The van der Waals surface area contributed by atoms with Gasteiger partial charge < -0.3 is 5.32 Å². The van der Waals surface area contributed by atoms with E-state index in [-0.39, 0.29) is 12.4 Å². The summed E-state index contributed by atoms with van der Waals surface area (Å²) in [6, 6.07) is 8.28. The number of anilines is 2. The highest BCUT2D eigenvalue weighted by atomic mass is 35.5. The first kappa shape index (κ1) is 13.5. The molecule has 0 aliphatic carbocycles. The topological polar surface area (TPSA) is 37.8 Å². The van der Waals surface area contributed by atoms with E-state index in [9.17, 15) is 0 Å². The van der Waals surface area contributed by atoms with Gasteiger partial charge in [-0.3, -0.25) is 0 Å². The lowest BCUT2D eigenvalue weighted by Gasteiger charge is -2.07. The molecule has 0 amide bonds. The van der Waals surface area contributed by atoms with E-state index in [1.807, 2.05) is 13.0 Å². The van der Waals surface area contributed by atoms with Crippen LogP contribution in [0.4, 0.5) is 11.5 Å². The fourth-order valence-electron chi connectivity index (χ4n) is 1.72. The third kappa shape index (κ3) is 3.71. The molecule has 0 radical (unpaired) electrons. The van der Waals surface area contributed by atoms with Crippen LogP contribution < -0.4 is 5.32 Å². The molecule has 0 atom stereocenters. The van der Waals surface area contributed by atoms with E-state index in [0.29, 0.717) is 0 Å². The lowest BCUT2D eigenvalue weighted by Crippen LogP contribution is -1.96. The number of hydrogen-bond donors (Lipinski definition) is 1. The highest BCUT2D eigenvalue weighted by Gasteiger charge is 1.98. The van der Waals surface area contributed by atoms with Gasteiger partial charge in [-0.1, -0.05) is 6.07 Å². The molecule has 0 aliphatic rings. The van der Waals surface area contributed by atoms with Gasteiger partial charge in [-0.05, 0) is 44.0 Å². The Bertz CT molecular complexity index is 492. The fraction of sp³-hybridized carbons (Fsp3) is 0.231. The van der Waals surface area contributed by atoms with Crippen LogP contribution >= 0.6 is 12.4 Å². The second kappa shape index (κ2) is 5.64. The number of nitrogens with one attached hydrogen (secondary N) is 1. The molecule has 0 bridgehead atoms. The van der Waals surface area contributed by atoms with Crippen LogP contribution in [0.15, 0.2) is 30.6 Å². The number of rotatable bonds is 2. The summed E-state index contributed by atoms with van der Waals surface area (Å²) in [6.07, 6.45) is 1.57. The van der Waals surface area contributed by atoms with Crippen molar-refractivity contribution in [1.82, 2.24) is 9.97 Å². The first-order chi connectivity index (χ1) is 7.63. The highest BCUT2D eigenvalue weighted by Crippen LogP contribution is 2.17. The molecule has 0 spiro atoms. The zero-order chi connectivity index (χ0) is 11.5. The summed E-state index contributed by atoms with van der Waals surface area (Å²) in [5, 5.41) is 3.28. The third-order valence-corrected chi connectivity index (χ3v) is 2.30. The Hall–Kier alpha value is -1.61. The molecule has 1 heterocycles. The minimum Gasteiger partial charge on any atom is -0.340 e. The van der Waals surface area contributed by atoms with Gasteiger partial charge in [-0.2, -0.15) is 0 Å². The molecule has 1 N–H and O–H groups in total. The van der Waals surface area contributed by atoms with Crippen LogP contribution in [0.2, 0.25) is 0 Å². The van der Waals surface area contributed by atoms with Crippen molar-refractivity contribution in [2.24, 2.45) is 0 Å². The van der Waals surface area contributed by atoms with Gasteiger partial charge in [-0.25, -0.2) is 9.97 Å². The van der Waals surface area contributed by atoms with Gasteiger partial charge in [-0.15, -0.1) is 12.4 Å². The average molecular weight is 250 g/mol.